The van der Waals surface area contributed by atoms with Crippen molar-refractivity contribution in [2.45, 2.75) is 37.7 Å². The Morgan fingerprint density at radius 3 is 2.00 bits per heavy atom. The van der Waals surface area contributed by atoms with Gasteiger partial charge in [0.2, 0.25) is 0 Å². The standard InChI is InChI=1S/C21H29NO4/c1-24-17-5-4-6-18(25-2)19(17)20(23)22-12-21(26-3)15-8-13-7-14(10-15)11-16(21)9-13/h4-6,13-16H,7-12H2,1-3H3,(H,22,23). The van der Waals surface area contributed by atoms with Gasteiger partial charge in [-0.1, -0.05) is 6.07 Å². The van der Waals surface area contributed by atoms with Gasteiger partial charge in [0.1, 0.15) is 17.1 Å². The Bertz CT molecular complexity index is 636. The van der Waals surface area contributed by atoms with E-state index in [0.717, 1.165) is 11.8 Å². The summed E-state index contributed by atoms with van der Waals surface area (Å²) in [4.78, 5) is 13.0. The zero-order chi connectivity index (χ0) is 18.3. The minimum atomic E-state index is -0.224. The summed E-state index contributed by atoms with van der Waals surface area (Å²) >= 11 is 0. The number of rotatable bonds is 6. The minimum Gasteiger partial charge on any atom is -0.496 e. The number of nitrogens with one attached hydrogen (secondary N) is 1. The summed E-state index contributed by atoms with van der Waals surface area (Å²) in [6, 6.07) is 5.39. The molecule has 4 saturated carbocycles. The van der Waals surface area contributed by atoms with Crippen molar-refractivity contribution in [1.82, 2.24) is 5.32 Å². The lowest BCUT2D eigenvalue weighted by Crippen LogP contribution is -2.63. The normalized spacial score (nSPS) is 34.6. The second kappa shape index (κ2) is 6.76. The van der Waals surface area contributed by atoms with Gasteiger partial charge in [-0.05, 0) is 67.9 Å². The van der Waals surface area contributed by atoms with E-state index in [1.807, 2.05) is 13.2 Å². The molecule has 4 bridgehead atoms. The van der Waals surface area contributed by atoms with Crippen molar-refractivity contribution in [3.8, 4) is 11.5 Å². The molecule has 1 aromatic rings. The van der Waals surface area contributed by atoms with Crippen molar-refractivity contribution in [2.75, 3.05) is 27.9 Å². The Morgan fingerprint density at radius 1 is 1.00 bits per heavy atom. The molecule has 0 heterocycles. The molecule has 142 valence electrons. The van der Waals surface area contributed by atoms with E-state index in [1.54, 1.807) is 26.4 Å². The largest absolute Gasteiger partial charge is 0.496 e. The van der Waals surface area contributed by atoms with Crippen LogP contribution in [0.5, 0.6) is 11.5 Å². The molecule has 0 atom stereocenters. The van der Waals surface area contributed by atoms with Crippen LogP contribution in [-0.2, 0) is 4.74 Å². The molecule has 0 aliphatic heterocycles. The molecular weight excluding hydrogens is 330 g/mol. The molecular formula is C21H29NO4. The number of methoxy groups -OCH3 is 3. The summed E-state index contributed by atoms with van der Waals surface area (Å²) in [5, 5.41) is 3.14. The SMILES string of the molecule is COc1cccc(OC)c1C(=O)NCC1(OC)C2CC3CC(C2)CC1C3. The Hall–Kier alpha value is -1.75. The maximum Gasteiger partial charge on any atom is 0.258 e. The first-order valence-electron chi connectivity index (χ1n) is 9.65. The van der Waals surface area contributed by atoms with Crippen molar-refractivity contribution in [2.24, 2.45) is 23.7 Å². The van der Waals surface area contributed by atoms with E-state index >= 15 is 0 Å². The topological polar surface area (TPSA) is 56.8 Å². The van der Waals surface area contributed by atoms with Gasteiger partial charge in [0, 0.05) is 13.7 Å². The summed E-state index contributed by atoms with van der Waals surface area (Å²) in [6.07, 6.45) is 6.38. The molecule has 1 amide bonds. The first-order valence-corrected chi connectivity index (χ1v) is 9.65. The maximum atomic E-state index is 13.0. The third-order valence-corrected chi connectivity index (χ3v) is 7.08. The maximum absolute atomic E-state index is 13.0. The highest BCUT2D eigenvalue weighted by atomic mass is 16.5. The molecule has 1 N–H and O–H groups in total. The summed E-state index contributed by atoms with van der Waals surface area (Å²) in [5.41, 5.74) is 0.228. The van der Waals surface area contributed by atoms with Crippen LogP contribution >= 0.6 is 0 Å². The van der Waals surface area contributed by atoms with E-state index < -0.39 is 0 Å². The van der Waals surface area contributed by atoms with Gasteiger partial charge >= 0.3 is 0 Å². The van der Waals surface area contributed by atoms with Gasteiger partial charge < -0.3 is 19.5 Å². The van der Waals surface area contributed by atoms with E-state index in [0.29, 0.717) is 35.4 Å². The predicted octanol–water partition coefficient (Wildman–Crippen LogP) is 3.27. The van der Waals surface area contributed by atoms with Crippen LogP contribution in [-0.4, -0.2) is 39.4 Å². The average Bonchev–Trinajstić information content (AvgIpc) is 2.66. The van der Waals surface area contributed by atoms with Crippen LogP contribution in [0.4, 0.5) is 0 Å². The van der Waals surface area contributed by atoms with E-state index in [9.17, 15) is 4.79 Å². The van der Waals surface area contributed by atoms with Crippen LogP contribution in [0.25, 0.3) is 0 Å². The van der Waals surface area contributed by atoms with Gasteiger partial charge in [-0.3, -0.25) is 4.79 Å². The number of carbonyl (C=O) groups is 1. The number of hydrogen-bond donors (Lipinski definition) is 1. The molecule has 1 aromatic carbocycles. The van der Waals surface area contributed by atoms with Crippen LogP contribution in [0.1, 0.15) is 42.5 Å². The summed E-state index contributed by atoms with van der Waals surface area (Å²) in [5.74, 6) is 3.74. The fraction of sp³-hybridized carbons (Fsp3) is 0.667. The molecule has 0 saturated heterocycles. The quantitative estimate of drug-likeness (QED) is 0.847. The molecule has 0 spiro atoms. The number of hydrogen-bond acceptors (Lipinski definition) is 4. The number of ether oxygens (including phenoxy) is 3. The fourth-order valence-corrected chi connectivity index (χ4v) is 6.06. The molecule has 4 aliphatic carbocycles. The zero-order valence-electron chi connectivity index (χ0n) is 15.9. The van der Waals surface area contributed by atoms with E-state index in [-0.39, 0.29) is 11.5 Å². The Morgan fingerprint density at radius 2 is 1.54 bits per heavy atom. The van der Waals surface area contributed by atoms with Gasteiger partial charge in [0.15, 0.2) is 0 Å². The monoisotopic (exact) mass is 359 g/mol. The molecule has 5 nitrogen and oxygen atoms in total. The summed E-state index contributed by atoms with van der Waals surface area (Å²) in [6.45, 7) is 0.554. The van der Waals surface area contributed by atoms with Crippen molar-refractivity contribution in [3.05, 3.63) is 23.8 Å². The lowest BCUT2D eigenvalue weighted by Gasteiger charge is -2.60. The van der Waals surface area contributed by atoms with Gasteiger partial charge in [-0.2, -0.15) is 0 Å². The van der Waals surface area contributed by atoms with Crippen LogP contribution in [0, 0.1) is 23.7 Å². The third kappa shape index (κ3) is 2.68. The fourth-order valence-electron chi connectivity index (χ4n) is 6.06. The molecule has 0 radical (unpaired) electrons. The lowest BCUT2D eigenvalue weighted by molar-refractivity contribution is -0.186. The van der Waals surface area contributed by atoms with Crippen molar-refractivity contribution >= 4 is 5.91 Å². The smallest absolute Gasteiger partial charge is 0.258 e. The minimum absolute atomic E-state index is 0.162. The lowest BCUT2D eigenvalue weighted by atomic mass is 9.49. The predicted molar refractivity (Wildman–Crippen MR) is 98.7 cm³/mol. The highest BCUT2D eigenvalue weighted by Gasteiger charge is 2.57. The van der Waals surface area contributed by atoms with Crippen LogP contribution in [0.2, 0.25) is 0 Å². The molecule has 0 unspecified atom stereocenters. The first-order chi connectivity index (χ1) is 12.6. The number of benzene rings is 1. The van der Waals surface area contributed by atoms with Gasteiger partial charge in [-0.25, -0.2) is 0 Å². The Kier molecular flexibility index (Phi) is 4.59. The number of amides is 1. The van der Waals surface area contributed by atoms with Crippen LogP contribution in [0.15, 0.2) is 18.2 Å². The summed E-state index contributed by atoms with van der Waals surface area (Å²) in [7, 11) is 4.96. The number of carbonyl (C=O) groups excluding carboxylic acids is 1. The van der Waals surface area contributed by atoms with E-state index in [1.165, 1.54) is 32.1 Å². The zero-order valence-corrected chi connectivity index (χ0v) is 15.9. The van der Waals surface area contributed by atoms with Crippen molar-refractivity contribution in [3.63, 3.8) is 0 Å². The molecule has 4 fully saturated rings. The Balaban J connectivity index is 1.54. The first kappa shape index (κ1) is 17.7. The highest BCUT2D eigenvalue weighted by molar-refractivity contribution is 5.99. The van der Waals surface area contributed by atoms with Crippen molar-refractivity contribution < 1.29 is 19.0 Å². The molecule has 5 heteroatoms. The van der Waals surface area contributed by atoms with Crippen molar-refractivity contribution in [1.29, 1.82) is 0 Å². The molecule has 5 rings (SSSR count). The van der Waals surface area contributed by atoms with E-state index in [4.69, 9.17) is 14.2 Å². The average molecular weight is 359 g/mol. The van der Waals surface area contributed by atoms with Gasteiger partial charge in [0.05, 0.1) is 19.8 Å². The highest BCUT2D eigenvalue weighted by Crippen LogP contribution is 2.59. The third-order valence-electron chi connectivity index (χ3n) is 7.08. The van der Waals surface area contributed by atoms with Crippen LogP contribution < -0.4 is 14.8 Å². The van der Waals surface area contributed by atoms with Crippen LogP contribution in [0.3, 0.4) is 0 Å². The van der Waals surface area contributed by atoms with Gasteiger partial charge in [-0.15, -0.1) is 0 Å². The molecule has 4 aliphatic rings. The van der Waals surface area contributed by atoms with E-state index in [2.05, 4.69) is 5.32 Å². The Labute approximate surface area is 155 Å². The molecule has 0 aromatic heterocycles. The second-order valence-electron chi connectivity index (χ2n) is 8.18. The summed E-state index contributed by atoms with van der Waals surface area (Å²) < 4.78 is 16.9. The van der Waals surface area contributed by atoms with Gasteiger partial charge in [0.25, 0.3) is 5.91 Å². The second-order valence-corrected chi connectivity index (χ2v) is 8.18. The molecule has 26 heavy (non-hydrogen) atoms.